The molecule has 17 nitrogen and oxygen atoms in total. The molecule has 0 aromatic heterocycles. The predicted octanol–water partition coefficient (Wildman–Crippen LogP) is 18.4. The number of esters is 4. The number of aliphatic hydroxyl groups is 1. The van der Waals surface area contributed by atoms with Gasteiger partial charge in [0.1, 0.15) is 19.3 Å². The standard InChI is InChI=1S/C66H128O17P2/c1-7-11-13-15-16-17-18-19-20-21-25-31-37-43-49-64(69)77-55-62(83-65(70)50-44-38-32-26-23-22-24-29-35-40-46-58(5)9-3)57-81-85(74,75)79-53-60(67)52-78-84(72,73)80-56-61(54-76-63(68)48-42-34-14-12-8-2)82-66(71)51-45-39-33-28-27-30-36-41-47-59(6)10-4/h58-62,67H,7-57H2,1-6H3,(H,72,73)(H,74,75)/t58?,59?,60-,61+,62+/m0/s1. The molecule has 19 heteroatoms. The first-order valence-electron chi connectivity index (χ1n) is 34.6. The second-order valence-corrected chi connectivity index (χ2v) is 27.2. The Bertz CT molecular complexity index is 1670. The molecule has 0 spiro atoms. The van der Waals surface area contributed by atoms with Gasteiger partial charge < -0.3 is 33.8 Å². The van der Waals surface area contributed by atoms with Crippen LogP contribution in [-0.2, 0) is 65.4 Å². The maximum absolute atomic E-state index is 13.0. The summed E-state index contributed by atoms with van der Waals surface area (Å²) >= 11 is 0. The highest BCUT2D eigenvalue weighted by Gasteiger charge is 2.30. The zero-order valence-electron chi connectivity index (χ0n) is 54.9. The van der Waals surface area contributed by atoms with Gasteiger partial charge in [0.25, 0.3) is 0 Å². The number of hydrogen-bond acceptors (Lipinski definition) is 15. The highest BCUT2D eigenvalue weighted by Crippen LogP contribution is 2.45. The zero-order chi connectivity index (χ0) is 62.9. The number of ether oxygens (including phenoxy) is 4. The van der Waals surface area contributed by atoms with Crippen molar-refractivity contribution in [3.05, 3.63) is 0 Å². The minimum atomic E-state index is -4.95. The summed E-state index contributed by atoms with van der Waals surface area (Å²) in [5.74, 6) is -0.568. The molecule has 0 saturated heterocycles. The molecule has 85 heavy (non-hydrogen) atoms. The van der Waals surface area contributed by atoms with Gasteiger partial charge in [-0.25, -0.2) is 9.13 Å². The van der Waals surface area contributed by atoms with Crippen molar-refractivity contribution < 1.29 is 80.2 Å². The van der Waals surface area contributed by atoms with Gasteiger partial charge in [-0.05, 0) is 37.5 Å². The zero-order valence-corrected chi connectivity index (χ0v) is 56.7. The van der Waals surface area contributed by atoms with E-state index in [4.69, 9.17) is 37.0 Å². The lowest BCUT2D eigenvalue weighted by Gasteiger charge is -2.21. The van der Waals surface area contributed by atoms with E-state index >= 15 is 0 Å². The van der Waals surface area contributed by atoms with Gasteiger partial charge in [-0.3, -0.25) is 37.3 Å². The largest absolute Gasteiger partial charge is 0.472 e. The number of unbranched alkanes of at least 4 members (excludes halogenated alkanes) is 33. The van der Waals surface area contributed by atoms with Crippen LogP contribution < -0.4 is 0 Å². The van der Waals surface area contributed by atoms with Crippen LogP contribution in [0.3, 0.4) is 0 Å². The van der Waals surface area contributed by atoms with E-state index in [9.17, 15) is 43.2 Å². The molecular weight excluding hydrogens is 1130 g/mol. The SMILES string of the molecule is CCCCCCCCCCCCCCCCC(=O)OC[C@H](COP(=O)(O)OC[C@@H](O)COP(=O)(O)OC[C@@H](COC(=O)CCCCCCC)OC(=O)CCCCCCCCCCC(C)CC)OC(=O)CCCCCCCCCCCCC(C)CC. The van der Waals surface area contributed by atoms with Crippen LogP contribution in [0.2, 0.25) is 0 Å². The molecule has 0 bridgehead atoms. The minimum absolute atomic E-state index is 0.104. The van der Waals surface area contributed by atoms with Gasteiger partial charge in [-0.15, -0.1) is 0 Å². The minimum Gasteiger partial charge on any atom is -0.462 e. The summed E-state index contributed by atoms with van der Waals surface area (Å²) in [5, 5.41) is 10.5. The van der Waals surface area contributed by atoms with Gasteiger partial charge in [-0.1, -0.05) is 279 Å². The Morgan fingerprint density at radius 3 is 0.835 bits per heavy atom. The lowest BCUT2D eigenvalue weighted by Crippen LogP contribution is -2.30. The van der Waals surface area contributed by atoms with Gasteiger partial charge in [-0.2, -0.15) is 0 Å². The Labute approximate surface area is 517 Å². The molecule has 0 saturated carbocycles. The van der Waals surface area contributed by atoms with Crippen LogP contribution in [0, 0.1) is 11.8 Å². The van der Waals surface area contributed by atoms with Crippen molar-refractivity contribution in [1.82, 2.24) is 0 Å². The molecule has 4 unspecified atom stereocenters. The summed E-state index contributed by atoms with van der Waals surface area (Å²) in [4.78, 5) is 72.1. The molecule has 0 aliphatic carbocycles. The number of phosphoric acid groups is 2. The van der Waals surface area contributed by atoms with Gasteiger partial charge in [0.2, 0.25) is 0 Å². The summed E-state index contributed by atoms with van der Waals surface area (Å²) in [5.41, 5.74) is 0. The third-order valence-electron chi connectivity index (χ3n) is 15.9. The molecule has 0 amide bonds. The fourth-order valence-electron chi connectivity index (χ4n) is 9.82. The second-order valence-electron chi connectivity index (χ2n) is 24.3. The van der Waals surface area contributed by atoms with Gasteiger partial charge in [0.15, 0.2) is 12.2 Å². The summed E-state index contributed by atoms with van der Waals surface area (Å²) in [7, 11) is -9.88. The molecule has 0 aliphatic rings. The van der Waals surface area contributed by atoms with Crippen LogP contribution in [0.25, 0.3) is 0 Å². The number of rotatable bonds is 65. The van der Waals surface area contributed by atoms with Crippen LogP contribution in [-0.4, -0.2) is 96.7 Å². The average Bonchev–Trinajstić information content (AvgIpc) is 3.63. The van der Waals surface area contributed by atoms with Crippen LogP contribution in [0.15, 0.2) is 0 Å². The maximum Gasteiger partial charge on any atom is 0.472 e. The van der Waals surface area contributed by atoms with E-state index in [1.165, 1.54) is 141 Å². The van der Waals surface area contributed by atoms with E-state index in [-0.39, 0.29) is 25.7 Å². The van der Waals surface area contributed by atoms with Crippen LogP contribution in [0.4, 0.5) is 0 Å². The molecule has 0 heterocycles. The first-order valence-corrected chi connectivity index (χ1v) is 37.6. The Kier molecular flexibility index (Phi) is 57.1. The molecule has 0 radical (unpaired) electrons. The summed E-state index contributed by atoms with van der Waals surface area (Å²) in [6.07, 6.45) is 41.9. The predicted molar refractivity (Wildman–Crippen MR) is 340 cm³/mol. The van der Waals surface area contributed by atoms with E-state index in [2.05, 4.69) is 41.5 Å². The molecular formula is C66H128O17P2. The van der Waals surface area contributed by atoms with Crippen LogP contribution in [0.1, 0.15) is 330 Å². The number of carbonyl (C=O) groups excluding carboxylic acids is 4. The highest BCUT2D eigenvalue weighted by atomic mass is 31.2. The van der Waals surface area contributed by atoms with E-state index < -0.39 is 97.5 Å². The Hall–Kier alpha value is -1.94. The van der Waals surface area contributed by atoms with Crippen molar-refractivity contribution >= 4 is 39.5 Å². The topological polar surface area (TPSA) is 237 Å². The van der Waals surface area contributed by atoms with Crippen molar-refractivity contribution in [2.45, 2.75) is 349 Å². The first-order chi connectivity index (χ1) is 40.9. The lowest BCUT2D eigenvalue weighted by molar-refractivity contribution is -0.161. The van der Waals surface area contributed by atoms with E-state index in [1.807, 2.05) is 0 Å². The van der Waals surface area contributed by atoms with Gasteiger partial charge in [0, 0.05) is 25.7 Å². The number of phosphoric ester groups is 2. The maximum atomic E-state index is 13.0. The quantitative estimate of drug-likeness (QED) is 0.0222. The highest BCUT2D eigenvalue weighted by molar-refractivity contribution is 7.47. The van der Waals surface area contributed by atoms with Crippen molar-refractivity contribution in [3.8, 4) is 0 Å². The van der Waals surface area contributed by atoms with E-state index in [0.29, 0.717) is 25.7 Å². The fourth-order valence-corrected chi connectivity index (χ4v) is 11.4. The van der Waals surface area contributed by atoms with Gasteiger partial charge >= 0.3 is 39.5 Å². The fraction of sp³-hybridized carbons (Fsp3) is 0.939. The van der Waals surface area contributed by atoms with E-state index in [0.717, 1.165) is 108 Å². The molecule has 0 aliphatic heterocycles. The van der Waals surface area contributed by atoms with Crippen molar-refractivity contribution in [2.75, 3.05) is 39.6 Å². The smallest absolute Gasteiger partial charge is 0.462 e. The van der Waals surface area contributed by atoms with Gasteiger partial charge in [0.05, 0.1) is 26.4 Å². The van der Waals surface area contributed by atoms with Crippen LogP contribution >= 0.6 is 15.6 Å². The van der Waals surface area contributed by atoms with Crippen LogP contribution in [0.5, 0.6) is 0 Å². The second kappa shape index (κ2) is 58.4. The molecule has 0 aromatic rings. The molecule has 0 fully saturated rings. The third kappa shape index (κ3) is 58.2. The van der Waals surface area contributed by atoms with Crippen molar-refractivity contribution in [3.63, 3.8) is 0 Å². The average molecular weight is 1260 g/mol. The molecule has 3 N–H and O–H groups in total. The summed E-state index contributed by atoms with van der Waals surface area (Å²) in [6.45, 7) is 9.45. The summed E-state index contributed by atoms with van der Waals surface area (Å²) in [6, 6.07) is 0. The number of aliphatic hydroxyl groups excluding tert-OH is 1. The first kappa shape index (κ1) is 83.1. The Morgan fingerprint density at radius 1 is 0.329 bits per heavy atom. The monoisotopic (exact) mass is 1250 g/mol. The summed E-state index contributed by atoms with van der Waals surface area (Å²) < 4.78 is 67.9. The molecule has 504 valence electrons. The number of carbonyl (C=O) groups is 4. The molecule has 0 rings (SSSR count). The normalized spacial score (nSPS) is 14.9. The molecule has 0 aromatic carbocycles. The molecule has 7 atom stereocenters. The van der Waals surface area contributed by atoms with Crippen molar-refractivity contribution in [1.29, 1.82) is 0 Å². The van der Waals surface area contributed by atoms with E-state index in [1.54, 1.807) is 0 Å². The van der Waals surface area contributed by atoms with Crippen molar-refractivity contribution in [2.24, 2.45) is 11.8 Å². The lowest BCUT2D eigenvalue weighted by atomic mass is 9.99. The Morgan fingerprint density at radius 2 is 0.565 bits per heavy atom. The Balaban J connectivity index is 5.19. The number of hydrogen-bond donors (Lipinski definition) is 3. The third-order valence-corrected chi connectivity index (χ3v) is 17.8.